The standard InChI is InChI=1S/C20H25N3O/c1-15-20(2,14-19(24)22-21)17-10-6-7-11-18(17)23(15)13-12-16-8-4-3-5-9-16/h3-11,15H,12-14,21H2,1-2H3,(H,22,24). The molecule has 0 bridgehead atoms. The van der Waals surface area contributed by atoms with Gasteiger partial charge in [0, 0.05) is 30.1 Å². The number of carbonyl (C=O) groups is 1. The summed E-state index contributed by atoms with van der Waals surface area (Å²) >= 11 is 0. The molecule has 2 aromatic rings. The second kappa shape index (κ2) is 6.65. The lowest BCUT2D eigenvalue weighted by Gasteiger charge is -2.34. The van der Waals surface area contributed by atoms with E-state index >= 15 is 0 Å². The van der Waals surface area contributed by atoms with Crippen molar-refractivity contribution in [2.45, 2.75) is 38.1 Å². The molecule has 0 saturated heterocycles. The molecule has 0 aliphatic carbocycles. The van der Waals surface area contributed by atoms with Gasteiger partial charge < -0.3 is 4.90 Å². The van der Waals surface area contributed by atoms with Crippen LogP contribution < -0.4 is 16.2 Å². The number of fused-ring (bicyclic) bond motifs is 1. The molecule has 1 aliphatic rings. The Kier molecular flexibility index (Phi) is 4.58. The van der Waals surface area contributed by atoms with E-state index in [1.807, 2.05) is 12.1 Å². The van der Waals surface area contributed by atoms with Gasteiger partial charge in [-0.1, -0.05) is 55.5 Å². The van der Waals surface area contributed by atoms with Crippen LogP contribution in [0.5, 0.6) is 0 Å². The van der Waals surface area contributed by atoms with E-state index in [2.05, 4.69) is 66.6 Å². The summed E-state index contributed by atoms with van der Waals surface area (Å²) in [5.74, 6) is 5.21. The number of carbonyl (C=O) groups excluding carboxylic acids is 1. The monoisotopic (exact) mass is 323 g/mol. The molecule has 1 amide bonds. The summed E-state index contributed by atoms with van der Waals surface area (Å²) in [5.41, 5.74) is 5.83. The molecule has 2 aromatic carbocycles. The topological polar surface area (TPSA) is 58.4 Å². The summed E-state index contributed by atoms with van der Waals surface area (Å²) in [7, 11) is 0. The Balaban J connectivity index is 1.87. The van der Waals surface area contributed by atoms with Crippen molar-refractivity contribution in [1.29, 1.82) is 0 Å². The van der Waals surface area contributed by atoms with Gasteiger partial charge in [0.25, 0.3) is 0 Å². The van der Waals surface area contributed by atoms with Gasteiger partial charge >= 0.3 is 0 Å². The van der Waals surface area contributed by atoms with Crippen LogP contribution in [0.1, 0.15) is 31.4 Å². The first-order chi connectivity index (χ1) is 11.6. The lowest BCUT2D eigenvalue weighted by atomic mass is 9.76. The van der Waals surface area contributed by atoms with Crippen molar-refractivity contribution in [3.8, 4) is 0 Å². The maximum atomic E-state index is 12.0. The van der Waals surface area contributed by atoms with Crippen LogP contribution >= 0.6 is 0 Å². The number of rotatable bonds is 5. The van der Waals surface area contributed by atoms with Crippen LogP contribution in [0.3, 0.4) is 0 Å². The molecule has 0 fully saturated rings. The number of anilines is 1. The highest BCUT2D eigenvalue weighted by atomic mass is 16.2. The lowest BCUT2D eigenvalue weighted by molar-refractivity contribution is -0.122. The number of hydrogen-bond acceptors (Lipinski definition) is 3. The Morgan fingerprint density at radius 2 is 1.83 bits per heavy atom. The van der Waals surface area contributed by atoms with Crippen LogP contribution in [-0.4, -0.2) is 18.5 Å². The summed E-state index contributed by atoms with van der Waals surface area (Å²) in [6.07, 6.45) is 1.38. The molecule has 24 heavy (non-hydrogen) atoms. The van der Waals surface area contributed by atoms with Crippen LogP contribution in [0.4, 0.5) is 5.69 Å². The van der Waals surface area contributed by atoms with Crippen molar-refractivity contribution in [2.75, 3.05) is 11.4 Å². The number of benzene rings is 2. The van der Waals surface area contributed by atoms with E-state index in [0.29, 0.717) is 6.42 Å². The zero-order chi connectivity index (χ0) is 17.2. The van der Waals surface area contributed by atoms with Crippen LogP contribution in [-0.2, 0) is 16.6 Å². The highest BCUT2D eigenvalue weighted by Crippen LogP contribution is 2.47. The number of nitrogens with one attached hydrogen (secondary N) is 1. The van der Waals surface area contributed by atoms with Gasteiger partial charge in [-0.3, -0.25) is 10.2 Å². The summed E-state index contributed by atoms with van der Waals surface area (Å²) in [6.45, 7) is 5.30. The molecule has 2 atom stereocenters. The lowest BCUT2D eigenvalue weighted by Crippen LogP contribution is -2.45. The van der Waals surface area contributed by atoms with E-state index < -0.39 is 0 Å². The van der Waals surface area contributed by atoms with Crippen molar-refractivity contribution in [2.24, 2.45) is 5.84 Å². The fourth-order valence-corrected chi connectivity index (χ4v) is 3.82. The van der Waals surface area contributed by atoms with Crippen molar-refractivity contribution in [3.05, 3.63) is 65.7 Å². The maximum absolute atomic E-state index is 12.0. The normalized spacial score (nSPS) is 22.3. The van der Waals surface area contributed by atoms with Gasteiger partial charge in [0.1, 0.15) is 0 Å². The third-order valence-electron chi connectivity index (χ3n) is 5.39. The fourth-order valence-electron chi connectivity index (χ4n) is 3.82. The maximum Gasteiger partial charge on any atom is 0.234 e. The van der Waals surface area contributed by atoms with E-state index in [9.17, 15) is 4.79 Å². The Bertz CT molecular complexity index is 716. The zero-order valence-electron chi connectivity index (χ0n) is 14.3. The predicted molar refractivity (Wildman–Crippen MR) is 97.7 cm³/mol. The summed E-state index contributed by atoms with van der Waals surface area (Å²) in [6, 6.07) is 19.2. The molecule has 0 aromatic heterocycles. The molecule has 1 heterocycles. The van der Waals surface area contributed by atoms with E-state index in [0.717, 1.165) is 13.0 Å². The summed E-state index contributed by atoms with van der Waals surface area (Å²) in [4.78, 5) is 14.4. The molecule has 4 heteroatoms. The minimum Gasteiger partial charge on any atom is -0.367 e. The third kappa shape index (κ3) is 2.89. The minimum absolute atomic E-state index is 0.121. The second-order valence-corrected chi connectivity index (χ2v) is 6.78. The first-order valence-corrected chi connectivity index (χ1v) is 8.46. The van der Waals surface area contributed by atoms with Gasteiger partial charge in [-0.25, -0.2) is 5.84 Å². The third-order valence-corrected chi connectivity index (χ3v) is 5.39. The number of nitrogens with zero attached hydrogens (tertiary/aromatic N) is 1. The molecular formula is C20H25N3O. The summed E-state index contributed by atoms with van der Waals surface area (Å²) < 4.78 is 0. The molecule has 0 saturated carbocycles. The van der Waals surface area contributed by atoms with Crippen LogP contribution in [0.2, 0.25) is 0 Å². The van der Waals surface area contributed by atoms with Gasteiger partial charge in [0.15, 0.2) is 0 Å². The Hall–Kier alpha value is -2.33. The van der Waals surface area contributed by atoms with E-state index in [1.54, 1.807) is 0 Å². The number of amides is 1. The van der Waals surface area contributed by atoms with Crippen LogP contribution in [0.15, 0.2) is 54.6 Å². The van der Waals surface area contributed by atoms with Crippen LogP contribution in [0, 0.1) is 0 Å². The highest BCUT2D eigenvalue weighted by Gasteiger charge is 2.45. The molecule has 126 valence electrons. The van der Waals surface area contributed by atoms with Crippen molar-refractivity contribution in [3.63, 3.8) is 0 Å². The van der Waals surface area contributed by atoms with Gasteiger partial charge in [-0.2, -0.15) is 0 Å². The van der Waals surface area contributed by atoms with Crippen molar-refractivity contribution in [1.82, 2.24) is 5.43 Å². The first kappa shape index (κ1) is 16.5. The Labute approximate surface area is 143 Å². The molecule has 0 radical (unpaired) electrons. The molecule has 4 nitrogen and oxygen atoms in total. The van der Waals surface area contributed by atoms with E-state index in [-0.39, 0.29) is 17.4 Å². The van der Waals surface area contributed by atoms with E-state index in [4.69, 9.17) is 5.84 Å². The SMILES string of the molecule is CC1N(CCc2ccccc2)c2ccccc2C1(C)CC(=O)NN. The molecule has 3 rings (SSSR count). The minimum atomic E-state index is -0.239. The molecular weight excluding hydrogens is 298 g/mol. The zero-order valence-corrected chi connectivity index (χ0v) is 14.3. The molecule has 1 aliphatic heterocycles. The quantitative estimate of drug-likeness (QED) is 0.505. The Morgan fingerprint density at radius 3 is 2.54 bits per heavy atom. The van der Waals surface area contributed by atoms with Gasteiger partial charge in [-0.05, 0) is 30.5 Å². The largest absolute Gasteiger partial charge is 0.367 e. The Morgan fingerprint density at radius 1 is 1.17 bits per heavy atom. The average molecular weight is 323 g/mol. The number of hydrogen-bond donors (Lipinski definition) is 2. The second-order valence-electron chi connectivity index (χ2n) is 6.78. The first-order valence-electron chi connectivity index (χ1n) is 8.46. The summed E-state index contributed by atoms with van der Waals surface area (Å²) in [5, 5.41) is 0. The molecule has 2 unspecified atom stereocenters. The van der Waals surface area contributed by atoms with E-state index in [1.165, 1.54) is 16.8 Å². The van der Waals surface area contributed by atoms with Gasteiger partial charge in [-0.15, -0.1) is 0 Å². The van der Waals surface area contributed by atoms with Crippen LogP contribution in [0.25, 0.3) is 0 Å². The predicted octanol–water partition coefficient (Wildman–Crippen LogP) is 2.78. The highest BCUT2D eigenvalue weighted by molar-refractivity contribution is 5.79. The smallest absolute Gasteiger partial charge is 0.234 e. The number of hydrazine groups is 1. The van der Waals surface area contributed by atoms with Gasteiger partial charge in [0.05, 0.1) is 0 Å². The van der Waals surface area contributed by atoms with Gasteiger partial charge in [0.2, 0.25) is 5.91 Å². The molecule has 3 N–H and O–H groups in total. The van der Waals surface area contributed by atoms with Crippen molar-refractivity contribution < 1.29 is 4.79 Å². The number of para-hydroxylation sites is 1. The average Bonchev–Trinajstić information content (AvgIpc) is 2.82. The fraction of sp³-hybridized carbons (Fsp3) is 0.350. The molecule has 0 spiro atoms. The number of nitrogens with two attached hydrogens (primary N) is 1. The van der Waals surface area contributed by atoms with Crippen molar-refractivity contribution >= 4 is 11.6 Å².